The van der Waals surface area contributed by atoms with Crippen LogP contribution in [0.15, 0.2) is 0 Å². The molecule has 0 heterocycles. The first-order valence-corrected chi connectivity index (χ1v) is 4.48. The first-order chi connectivity index (χ1) is 5.72. The molecule has 0 radical (unpaired) electrons. The maximum absolute atomic E-state index is 10.5. The normalized spacial score (nSPS) is 13.6. The lowest BCUT2D eigenvalue weighted by molar-refractivity contribution is -0.124. The van der Waals surface area contributed by atoms with Crippen LogP contribution in [0.3, 0.4) is 0 Å². The summed E-state index contributed by atoms with van der Waals surface area (Å²) in [7, 11) is -4.57. The highest BCUT2D eigenvalue weighted by Gasteiger charge is 2.22. The molecule has 76 valence electrons. The van der Waals surface area contributed by atoms with E-state index in [1.54, 1.807) is 0 Å². The molecule has 0 aromatic carbocycles. The van der Waals surface area contributed by atoms with Crippen molar-refractivity contribution in [2.45, 2.75) is 12.5 Å². The maximum atomic E-state index is 10.5. The van der Waals surface area contributed by atoms with Gasteiger partial charge in [0.2, 0.25) is 11.8 Å². The highest BCUT2D eigenvalue weighted by molar-refractivity contribution is 7.83. The predicted molar refractivity (Wildman–Crippen MR) is 41.5 cm³/mol. The second-order valence-electron chi connectivity index (χ2n) is 2.22. The summed E-state index contributed by atoms with van der Waals surface area (Å²) in [6, 6.07) is -1.52. The van der Waals surface area contributed by atoms with Crippen molar-refractivity contribution >= 4 is 22.1 Å². The summed E-state index contributed by atoms with van der Waals surface area (Å²) in [4.78, 5) is 20.8. The molecular formula is C4H9N3O5S. The number of primary amides is 2. The Labute approximate surface area is 74.2 Å². The molecule has 0 saturated carbocycles. The molecule has 0 aliphatic carbocycles. The van der Waals surface area contributed by atoms with Crippen molar-refractivity contribution in [1.29, 1.82) is 0 Å². The molecule has 9 heteroatoms. The molecule has 0 fully saturated rings. The summed E-state index contributed by atoms with van der Waals surface area (Å²) < 4.78 is 30.1. The highest BCUT2D eigenvalue weighted by Crippen LogP contribution is 1.92. The molecule has 0 bridgehead atoms. The van der Waals surface area contributed by atoms with Crippen molar-refractivity contribution in [3.63, 3.8) is 0 Å². The van der Waals surface area contributed by atoms with Gasteiger partial charge in [-0.05, 0) is 0 Å². The van der Waals surface area contributed by atoms with E-state index in [2.05, 4.69) is 5.73 Å². The Morgan fingerprint density at radius 2 is 1.85 bits per heavy atom. The van der Waals surface area contributed by atoms with Crippen molar-refractivity contribution in [2.24, 2.45) is 11.5 Å². The van der Waals surface area contributed by atoms with Crippen molar-refractivity contribution < 1.29 is 22.6 Å². The molecule has 0 spiro atoms. The molecule has 0 aliphatic heterocycles. The van der Waals surface area contributed by atoms with Gasteiger partial charge in [-0.2, -0.15) is 13.1 Å². The van der Waals surface area contributed by atoms with Crippen LogP contribution in [-0.4, -0.2) is 30.8 Å². The third kappa shape index (κ3) is 6.02. The SMILES string of the molecule is NC(=O)C[C@H](NS(=O)(=O)O)C(N)=O. The number of hydrogen-bond acceptors (Lipinski definition) is 4. The standard InChI is InChI=1S/C4H9N3O5S/c5-3(8)1-2(4(6)9)7-13(10,11)12/h2,7H,1H2,(H2,5,8)(H2,6,9)(H,10,11,12)/t2-/m0/s1. The summed E-state index contributed by atoms with van der Waals surface area (Å²) >= 11 is 0. The minimum atomic E-state index is -4.57. The van der Waals surface area contributed by atoms with E-state index in [1.807, 2.05) is 0 Å². The van der Waals surface area contributed by atoms with Crippen LogP contribution in [0.4, 0.5) is 0 Å². The molecule has 0 aromatic heterocycles. The number of carbonyl (C=O) groups excluding carboxylic acids is 2. The number of nitrogens with one attached hydrogen (secondary N) is 1. The van der Waals surface area contributed by atoms with Gasteiger partial charge in [0.25, 0.3) is 0 Å². The van der Waals surface area contributed by atoms with Gasteiger partial charge in [-0.3, -0.25) is 14.1 Å². The van der Waals surface area contributed by atoms with Crippen LogP contribution in [0.1, 0.15) is 6.42 Å². The average Bonchev–Trinajstić information content (AvgIpc) is 1.81. The molecule has 0 saturated heterocycles. The minimum Gasteiger partial charge on any atom is -0.370 e. The third-order valence-corrected chi connectivity index (χ3v) is 1.62. The quantitative estimate of drug-likeness (QED) is 0.359. The van der Waals surface area contributed by atoms with Crippen LogP contribution in [0.5, 0.6) is 0 Å². The van der Waals surface area contributed by atoms with Gasteiger partial charge in [-0.25, -0.2) is 0 Å². The minimum absolute atomic E-state index is 0.602. The molecule has 8 nitrogen and oxygen atoms in total. The van der Waals surface area contributed by atoms with Gasteiger partial charge in [0.1, 0.15) is 6.04 Å². The predicted octanol–water partition coefficient (Wildman–Crippen LogP) is -2.89. The Balaban J connectivity index is 4.45. The van der Waals surface area contributed by atoms with Gasteiger partial charge in [-0.1, -0.05) is 0 Å². The number of nitrogens with two attached hydrogens (primary N) is 2. The van der Waals surface area contributed by atoms with Crippen LogP contribution in [0.2, 0.25) is 0 Å². The lowest BCUT2D eigenvalue weighted by atomic mass is 10.2. The summed E-state index contributed by atoms with van der Waals surface area (Å²) in [5, 5.41) is 0. The van der Waals surface area contributed by atoms with E-state index in [0.29, 0.717) is 0 Å². The topological polar surface area (TPSA) is 153 Å². The van der Waals surface area contributed by atoms with Crippen LogP contribution in [0, 0.1) is 0 Å². The van der Waals surface area contributed by atoms with Gasteiger partial charge in [-0.15, -0.1) is 0 Å². The van der Waals surface area contributed by atoms with Gasteiger partial charge < -0.3 is 11.5 Å². The zero-order chi connectivity index (χ0) is 10.6. The second kappa shape index (κ2) is 4.16. The number of amides is 2. The Bertz CT molecular complexity index is 310. The van der Waals surface area contributed by atoms with E-state index in [-0.39, 0.29) is 0 Å². The summed E-state index contributed by atoms with van der Waals surface area (Å²) in [5.74, 6) is -2.02. The van der Waals surface area contributed by atoms with Crippen molar-refractivity contribution in [3.05, 3.63) is 0 Å². The molecule has 2 amide bonds. The molecule has 6 N–H and O–H groups in total. The van der Waals surface area contributed by atoms with Crippen molar-refractivity contribution in [1.82, 2.24) is 4.72 Å². The molecule has 1 atom stereocenters. The Kier molecular flexibility index (Phi) is 3.78. The Morgan fingerprint density at radius 3 is 2.08 bits per heavy atom. The largest absolute Gasteiger partial charge is 0.370 e. The molecule has 0 rings (SSSR count). The highest BCUT2D eigenvalue weighted by atomic mass is 32.2. The van der Waals surface area contributed by atoms with E-state index in [0.717, 1.165) is 0 Å². The maximum Gasteiger partial charge on any atom is 0.334 e. The van der Waals surface area contributed by atoms with Gasteiger partial charge in [0, 0.05) is 0 Å². The average molecular weight is 211 g/mol. The molecular weight excluding hydrogens is 202 g/mol. The third-order valence-electron chi connectivity index (χ3n) is 1.04. The number of rotatable bonds is 5. The molecule has 0 unspecified atom stereocenters. The van der Waals surface area contributed by atoms with Crippen LogP contribution < -0.4 is 16.2 Å². The zero-order valence-electron chi connectivity index (χ0n) is 6.43. The summed E-state index contributed by atoms with van der Waals surface area (Å²) in [5.41, 5.74) is 9.39. The van der Waals surface area contributed by atoms with E-state index in [1.165, 1.54) is 4.72 Å². The van der Waals surface area contributed by atoms with Gasteiger partial charge in [0.05, 0.1) is 6.42 Å². The lowest BCUT2D eigenvalue weighted by Crippen LogP contribution is -2.46. The second-order valence-corrected chi connectivity index (χ2v) is 3.40. The summed E-state index contributed by atoms with van der Waals surface area (Å²) in [6.07, 6.45) is -0.602. The fourth-order valence-electron chi connectivity index (χ4n) is 0.581. The van der Waals surface area contributed by atoms with Crippen LogP contribution in [0.25, 0.3) is 0 Å². The van der Waals surface area contributed by atoms with E-state index in [9.17, 15) is 18.0 Å². The zero-order valence-corrected chi connectivity index (χ0v) is 7.24. The van der Waals surface area contributed by atoms with Gasteiger partial charge in [0.15, 0.2) is 0 Å². The Hall–Kier alpha value is -1.19. The lowest BCUT2D eigenvalue weighted by Gasteiger charge is -2.09. The van der Waals surface area contributed by atoms with Gasteiger partial charge >= 0.3 is 10.3 Å². The fourth-order valence-corrected chi connectivity index (χ4v) is 1.14. The van der Waals surface area contributed by atoms with E-state index in [4.69, 9.17) is 10.3 Å². The smallest absolute Gasteiger partial charge is 0.334 e. The Morgan fingerprint density at radius 1 is 1.38 bits per heavy atom. The number of carbonyl (C=O) groups is 2. The number of hydrogen-bond donors (Lipinski definition) is 4. The van der Waals surface area contributed by atoms with Crippen LogP contribution in [-0.2, 0) is 19.9 Å². The summed E-state index contributed by atoms with van der Waals surface area (Å²) in [6.45, 7) is 0. The molecule has 0 aliphatic rings. The van der Waals surface area contributed by atoms with E-state index >= 15 is 0 Å². The fraction of sp³-hybridized carbons (Fsp3) is 0.500. The molecule has 0 aromatic rings. The van der Waals surface area contributed by atoms with Crippen molar-refractivity contribution in [3.8, 4) is 0 Å². The first kappa shape index (κ1) is 11.8. The molecule has 13 heavy (non-hydrogen) atoms. The van der Waals surface area contributed by atoms with Crippen LogP contribution >= 0.6 is 0 Å². The monoisotopic (exact) mass is 211 g/mol. The van der Waals surface area contributed by atoms with Crippen molar-refractivity contribution in [2.75, 3.05) is 0 Å². The van der Waals surface area contributed by atoms with E-state index < -0.39 is 34.6 Å². The first-order valence-electron chi connectivity index (χ1n) is 3.04.